The second-order valence-corrected chi connectivity index (χ2v) is 2.75. The molecule has 0 amide bonds. The third kappa shape index (κ3) is 1.74. The largest absolute Gasteiger partial charge is 0.357 e. The molecule has 12 heavy (non-hydrogen) atoms. The molecule has 0 heterocycles. The predicted molar refractivity (Wildman–Crippen MR) is 43.2 cm³/mol. The van der Waals surface area contributed by atoms with E-state index in [9.17, 15) is 8.78 Å². The zero-order valence-corrected chi connectivity index (χ0v) is 6.85. The summed E-state index contributed by atoms with van der Waals surface area (Å²) in [5.74, 6) is -3.40. The van der Waals surface area contributed by atoms with Gasteiger partial charge in [-0.25, -0.2) is 0 Å². The van der Waals surface area contributed by atoms with E-state index in [-0.39, 0.29) is 5.56 Å². The topological polar surface area (TPSA) is 23.8 Å². The summed E-state index contributed by atoms with van der Waals surface area (Å²) in [7, 11) is 0. The Kier molecular flexibility index (Phi) is 2.34. The maximum absolute atomic E-state index is 12.6. The first-order valence-corrected chi connectivity index (χ1v) is 3.59. The maximum atomic E-state index is 12.6. The minimum atomic E-state index is -3.40. The van der Waals surface area contributed by atoms with Crippen LogP contribution >= 0.6 is 12.6 Å². The molecular formula is C8H5F2NS. The van der Waals surface area contributed by atoms with Crippen LogP contribution in [0.15, 0.2) is 29.2 Å². The minimum Gasteiger partial charge on any atom is -0.191 e. The summed E-state index contributed by atoms with van der Waals surface area (Å²) in [5, 5.41) is 8.10. The summed E-state index contributed by atoms with van der Waals surface area (Å²) in [6, 6.07) is 6.13. The van der Waals surface area contributed by atoms with Crippen LogP contribution < -0.4 is 0 Å². The van der Waals surface area contributed by atoms with Crippen LogP contribution in [0, 0.1) is 11.3 Å². The van der Waals surface area contributed by atoms with Crippen molar-refractivity contribution < 1.29 is 8.78 Å². The number of nitrogens with zero attached hydrogens (tertiary/aromatic N) is 1. The summed E-state index contributed by atoms with van der Waals surface area (Å²) in [6.45, 7) is 0. The van der Waals surface area contributed by atoms with Gasteiger partial charge in [-0.15, -0.1) is 12.6 Å². The van der Waals surface area contributed by atoms with Crippen LogP contribution in [0.25, 0.3) is 0 Å². The molecule has 0 fully saturated rings. The van der Waals surface area contributed by atoms with E-state index in [1.165, 1.54) is 24.3 Å². The molecule has 0 N–H and O–H groups in total. The first kappa shape index (κ1) is 9.01. The normalized spacial score (nSPS) is 10.8. The molecule has 0 aromatic heterocycles. The van der Waals surface area contributed by atoms with Crippen LogP contribution in [0.3, 0.4) is 0 Å². The monoisotopic (exact) mass is 185 g/mol. The van der Waals surface area contributed by atoms with Gasteiger partial charge in [-0.05, 0) is 12.1 Å². The molecule has 1 aromatic rings. The lowest BCUT2D eigenvalue weighted by molar-refractivity contribution is 0.0612. The van der Waals surface area contributed by atoms with E-state index in [1.54, 1.807) is 0 Å². The maximum Gasteiger partial charge on any atom is 0.357 e. The Morgan fingerprint density at radius 2 is 1.75 bits per heavy atom. The van der Waals surface area contributed by atoms with Crippen molar-refractivity contribution in [2.45, 2.75) is 10.8 Å². The molecule has 0 unspecified atom stereocenters. The zero-order valence-electron chi connectivity index (χ0n) is 5.96. The lowest BCUT2D eigenvalue weighted by atomic mass is 10.1. The van der Waals surface area contributed by atoms with E-state index in [4.69, 9.17) is 5.26 Å². The average Bonchev–Trinajstić information content (AvgIpc) is 2.05. The molecule has 0 bridgehead atoms. The van der Waals surface area contributed by atoms with Crippen LogP contribution in [0.2, 0.25) is 0 Å². The molecule has 0 spiro atoms. The Hall–Kier alpha value is -1.08. The molecule has 0 saturated carbocycles. The number of rotatable bonds is 1. The van der Waals surface area contributed by atoms with Crippen molar-refractivity contribution in [3.63, 3.8) is 0 Å². The third-order valence-corrected chi connectivity index (χ3v) is 1.67. The second kappa shape index (κ2) is 3.11. The van der Waals surface area contributed by atoms with Gasteiger partial charge in [0.05, 0.1) is 0 Å². The molecule has 1 nitrogen and oxygen atoms in total. The molecule has 0 aliphatic rings. The number of halogens is 2. The number of benzene rings is 1. The Labute approximate surface area is 74.0 Å². The highest BCUT2D eigenvalue weighted by molar-refractivity contribution is 7.80. The van der Waals surface area contributed by atoms with E-state index in [0.29, 0.717) is 4.90 Å². The molecule has 62 valence electrons. The van der Waals surface area contributed by atoms with Crippen molar-refractivity contribution >= 4 is 12.6 Å². The molecule has 0 aliphatic carbocycles. The van der Waals surface area contributed by atoms with Gasteiger partial charge in [-0.2, -0.15) is 14.0 Å². The minimum absolute atomic E-state index is 0.303. The van der Waals surface area contributed by atoms with Crippen LogP contribution in [-0.2, 0) is 5.92 Å². The van der Waals surface area contributed by atoms with Crippen molar-refractivity contribution in [1.29, 1.82) is 5.26 Å². The fraction of sp³-hybridized carbons (Fsp3) is 0.125. The Balaban J connectivity index is 3.07. The van der Waals surface area contributed by atoms with Gasteiger partial charge in [0, 0.05) is 10.5 Å². The standard InChI is InChI=1S/C8H5F2NS/c9-8(10,5-11)6-1-3-7(12)4-2-6/h1-4,12H. The van der Waals surface area contributed by atoms with E-state index in [1.807, 2.05) is 0 Å². The first-order valence-electron chi connectivity index (χ1n) is 3.15. The van der Waals surface area contributed by atoms with Crippen LogP contribution in [0.4, 0.5) is 8.78 Å². The van der Waals surface area contributed by atoms with E-state index < -0.39 is 5.92 Å². The smallest absolute Gasteiger partial charge is 0.191 e. The summed E-state index contributed by atoms with van der Waals surface area (Å²) < 4.78 is 25.3. The molecule has 1 rings (SSSR count). The van der Waals surface area contributed by atoms with Gasteiger partial charge in [0.1, 0.15) is 6.07 Å². The Bertz CT molecular complexity index is 313. The van der Waals surface area contributed by atoms with Gasteiger partial charge in [0.15, 0.2) is 0 Å². The average molecular weight is 185 g/mol. The van der Waals surface area contributed by atoms with Crippen molar-refractivity contribution in [3.8, 4) is 6.07 Å². The van der Waals surface area contributed by atoms with Gasteiger partial charge in [-0.3, -0.25) is 0 Å². The zero-order chi connectivity index (χ0) is 9.19. The summed E-state index contributed by atoms with van der Waals surface area (Å²) in [5.41, 5.74) is -0.303. The van der Waals surface area contributed by atoms with Crippen LogP contribution in [-0.4, -0.2) is 0 Å². The summed E-state index contributed by atoms with van der Waals surface area (Å²) >= 11 is 3.93. The second-order valence-electron chi connectivity index (χ2n) is 2.23. The van der Waals surface area contributed by atoms with Crippen molar-refractivity contribution in [3.05, 3.63) is 29.8 Å². The lowest BCUT2D eigenvalue weighted by Crippen LogP contribution is -2.08. The molecule has 0 radical (unpaired) electrons. The molecule has 1 aromatic carbocycles. The fourth-order valence-electron chi connectivity index (χ4n) is 0.735. The first-order chi connectivity index (χ1) is 5.56. The van der Waals surface area contributed by atoms with Crippen LogP contribution in [0.1, 0.15) is 5.56 Å². The Morgan fingerprint density at radius 3 is 2.17 bits per heavy atom. The van der Waals surface area contributed by atoms with E-state index >= 15 is 0 Å². The van der Waals surface area contributed by atoms with Gasteiger partial charge in [0.2, 0.25) is 0 Å². The van der Waals surface area contributed by atoms with Crippen molar-refractivity contribution in [2.75, 3.05) is 0 Å². The number of hydrogen-bond donors (Lipinski definition) is 1. The lowest BCUT2D eigenvalue weighted by Gasteiger charge is -2.06. The number of alkyl halides is 2. The molecular weight excluding hydrogens is 180 g/mol. The Morgan fingerprint density at radius 1 is 1.25 bits per heavy atom. The van der Waals surface area contributed by atoms with Crippen molar-refractivity contribution in [2.24, 2.45) is 0 Å². The SMILES string of the molecule is N#CC(F)(F)c1ccc(S)cc1. The van der Waals surface area contributed by atoms with Crippen LogP contribution in [0.5, 0.6) is 0 Å². The molecule has 4 heteroatoms. The molecule has 0 aliphatic heterocycles. The van der Waals surface area contributed by atoms with Gasteiger partial charge in [-0.1, -0.05) is 12.1 Å². The highest BCUT2D eigenvalue weighted by atomic mass is 32.1. The number of hydrogen-bond acceptors (Lipinski definition) is 2. The molecule has 0 saturated heterocycles. The highest BCUT2D eigenvalue weighted by Crippen LogP contribution is 2.27. The highest BCUT2D eigenvalue weighted by Gasteiger charge is 2.30. The third-order valence-electron chi connectivity index (χ3n) is 1.37. The summed E-state index contributed by atoms with van der Waals surface area (Å²) in [4.78, 5) is 0.590. The van der Waals surface area contributed by atoms with Gasteiger partial charge < -0.3 is 0 Å². The quantitative estimate of drug-likeness (QED) is 0.668. The fourth-order valence-corrected chi connectivity index (χ4v) is 0.884. The molecule has 0 atom stereocenters. The van der Waals surface area contributed by atoms with Gasteiger partial charge >= 0.3 is 5.92 Å². The van der Waals surface area contributed by atoms with Crippen molar-refractivity contribution in [1.82, 2.24) is 0 Å². The summed E-state index contributed by atoms with van der Waals surface area (Å²) in [6.07, 6.45) is 0. The predicted octanol–water partition coefficient (Wildman–Crippen LogP) is 2.59. The number of thiol groups is 1. The van der Waals surface area contributed by atoms with E-state index in [0.717, 1.165) is 6.07 Å². The van der Waals surface area contributed by atoms with Gasteiger partial charge in [0.25, 0.3) is 0 Å². The van der Waals surface area contributed by atoms with E-state index in [2.05, 4.69) is 12.6 Å². The number of nitriles is 1.